The lowest BCUT2D eigenvalue weighted by atomic mass is 10.0. The lowest BCUT2D eigenvalue weighted by Crippen LogP contribution is -2.57. The monoisotopic (exact) mass is 598 g/mol. The second kappa shape index (κ2) is 15.1. The van der Waals surface area contributed by atoms with Gasteiger partial charge in [-0.25, -0.2) is 9.78 Å². The van der Waals surface area contributed by atoms with Crippen LogP contribution >= 0.6 is 0 Å². The van der Waals surface area contributed by atoms with E-state index in [-0.39, 0.29) is 32.1 Å². The molecular weight excluding hydrogens is 564 g/mol. The van der Waals surface area contributed by atoms with Crippen LogP contribution in [-0.2, 0) is 41.6 Å². The number of aliphatic carboxylic acids is 2. The number of benzene rings is 1. The van der Waals surface area contributed by atoms with Crippen LogP contribution in [0.5, 0.6) is 0 Å². The molecule has 0 aliphatic rings. The molecule has 11 N–H and O–H groups in total. The number of fused-ring (bicyclic) bond motifs is 1. The number of nitrogens with two attached hydrogens (primary N) is 2. The lowest BCUT2D eigenvalue weighted by molar-refractivity contribution is -0.142. The minimum Gasteiger partial charge on any atom is -0.481 e. The summed E-state index contributed by atoms with van der Waals surface area (Å²) in [5, 5.41) is 26.8. The molecule has 4 atom stereocenters. The number of aromatic amines is 2. The summed E-state index contributed by atoms with van der Waals surface area (Å²) in [7, 11) is 0. The molecule has 0 bridgehead atoms. The van der Waals surface area contributed by atoms with Crippen molar-refractivity contribution < 1.29 is 39.0 Å². The molecule has 4 unspecified atom stereocenters. The number of aromatic nitrogens is 3. The van der Waals surface area contributed by atoms with Crippen LogP contribution in [0.4, 0.5) is 0 Å². The maximum absolute atomic E-state index is 13.4. The Labute approximate surface area is 245 Å². The number of carbonyl (C=O) groups excluding carboxylic acids is 4. The van der Waals surface area contributed by atoms with Crippen LogP contribution in [0.15, 0.2) is 43.0 Å². The first-order valence-corrected chi connectivity index (χ1v) is 13.4. The van der Waals surface area contributed by atoms with Crippen LogP contribution in [0.25, 0.3) is 10.9 Å². The maximum atomic E-state index is 13.4. The fourth-order valence-corrected chi connectivity index (χ4v) is 4.36. The summed E-state index contributed by atoms with van der Waals surface area (Å²) in [4.78, 5) is 83.6. The zero-order valence-corrected chi connectivity index (χ0v) is 23.0. The van der Waals surface area contributed by atoms with Crippen molar-refractivity contribution in [1.29, 1.82) is 0 Å². The number of amides is 4. The number of hydrogen-bond donors (Lipinski definition) is 9. The van der Waals surface area contributed by atoms with Gasteiger partial charge in [0.05, 0.1) is 12.4 Å². The van der Waals surface area contributed by atoms with Crippen LogP contribution in [0.2, 0.25) is 0 Å². The van der Waals surface area contributed by atoms with Gasteiger partial charge in [0, 0.05) is 54.7 Å². The van der Waals surface area contributed by atoms with Gasteiger partial charge in [0.15, 0.2) is 0 Å². The molecule has 3 rings (SSSR count). The Morgan fingerprint density at radius 1 is 0.837 bits per heavy atom. The highest BCUT2D eigenvalue weighted by atomic mass is 16.4. The predicted molar refractivity (Wildman–Crippen MR) is 151 cm³/mol. The summed E-state index contributed by atoms with van der Waals surface area (Å²) >= 11 is 0. The van der Waals surface area contributed by atoms with Gasteiger partial charge in [-0.3, -0.25) is 24.0 Å². The average molecular weight is 599 g/mol. The number of rotatable bonds is 17. The summed E-state index contributed by atoms with van der Waals surface area (Å²) in [5.74, 6) is -5.89. The van der Waals surface area contributed by atoms with Gasteiger partial charge in [-0.05, 0) is 24.5 Å². The molecule has 0 saturated carbocycles. The standard InChI is InChI=1S/C27H34N8O8/c28-17(10-15-12-30-13-32-15)24(39)33-19(6-8-23(37)38)25(40)35-21(9-14-11-31-18-4-2-1-3-16(14)18)26(41)34-20(27(42)43)5-7-22(29)36/h1-4,11-13,17,19-21,31H,5-10,28H2,(H2,29,36)(H,30,32)(H,33,39)(H,34,41)(H,35,40)(H,37,38)(H,42,43). The van der Waals surface area contributed by atoms with Crippen LogP contribution in [0.1, 0.15) is 36.9 Å². The van der Waals surface area contributed by atoms with Gasteiger partial charge in [0.25, 0.3) is 0 Å². The fraction of sp³-hybridized carbons (Fsp3) is 0.370. The summed E-state index contributed by atoms with van der Waals surface area (Å²) < 4.78 is 0. The SMILES string of the molecule is NC(=O)CCC(NC(=O)C(Cc1c[nH]c2ccccc12)NC(=O)C(CCC(=O)O)NC(=O)C(N)Cc1cnc[nH]1)C(=O)O. The third-order valence-electron chi connectivity index (χ3n) is 6.64. The Hall–Kier alpha value is -5.25. The van der Waals surface area contributed by atoms with Gasteiger partial charge in [0.2, 0.25) is 23.6 Å². The van der Waals surface area contributed by atoms with Crippen molar-refractivity contribution in [2.45, 2.75) is 62.7 Å². The van der Waals surface area contributed by atoms with Crippen LogP contribution in [0, 0.1) is 0 Å². The van der Waals surface area contributed by atoms with Crippen molar-refractivity contribution in [3.05, 3.63) is 54.2 Å². The van der Waals surface area contributed by atoms with Gasteiger partial charge < -0.3 is 47.6 Å². The molecule has 3 aromatic rings. The third-order valence-corrected chi connectivity index (χ3v) is 6.64. The number of para-hydroxylation sites is 1. The number of carbonyl (C=O) groups is 6. The van der Waals surface area contributed by atoms with E-state index in [0.717, 1.165) is 10.9 Å². The first-order chi connectivity index (χ1) is 20.4. The summed E-state index contributed by atoms with van der Waals surface area (Å²) in [6.45, 7) is 0. The normalized spacial score (nSPS) is 13.8. The van der Waals surface area contributed by atoms with E-state index in [1.807, 2.05) is 0 Å². The molecule has 1 aromatic carbocycles. The molecule has 43 heavy (non-hydrogen) atoms. The van der Waals surface area contributed by atoms with E-state index in [9.17, 15) is 39.0 Å². The molecule has 2 aromatic heterocycles. The van der Waals surface area contributed by atoms with Crippen LogP contribution < -0.4 is 27.4 Å². The highest BCUT2D eigenvalue weighted by Crippen LogP contribution is 2.19. The van der Waals surface area contributed by atoms with Gasteiger partial charge >= 0.3 is 11.9 Å². The van der Waals surface area contributed by atoms with E-state index >= 15 is 0 Å². The Balaban J connectivity index is 1.83. The van der Waals surface area contributed by atoms with Gasteiger partial charge in [-0.1, -0.05) is 18.2 Å². The molecule has 230 valence electrons. The summed E-state index contributed by atoms with van der Waals surface area (Å²) in [5.41, 5.74) is 13.0. The molecule has 0 spiro atoms. The molecule has 16 nitrogen and oxygen atoms in total. The largest absolute Gasteiger partial charge is 0.481 e. The van der Waals surface area contributed by atoms with Crippen molar-refractivity contribution in [2.24, 2.45) is 11.5 Å². The van der Waals surface area contributed by atoms with E-state index in [0.29, 0.717) is 11.3 Å². The number of carboxylic acid groups (broad SMARTS) is 2. The lowest BCUT2D eigenvalue weighted by Gasteiger charge is -2.25. The van der Waals surface area contributed by atoms with Gasteiger partial charge in [-0.2, -0.15) is 0 Å². The third kappa shape index (κ3) is 9.67. The molecule has 0 fully saturated rings. The number of primary amides is 1. The summed E-state index contributed by atoms with van der Waals surface area (Å²) in [6, 6.07) is 1.85. The predicted octanol–water partition coefficient (Wildman–Crippen LogP) is -1.33. The van der Waals surface area contributed by atoms with Crippen molar-refractivity contribution in [3.8, 4) is 0 Å². The topological polar surface area (TPSA) is 275 Å². The fourth-order valence-electron chi connectivity index (χ4n) is 4.36. The van der Waals surface area contributed by atoms with Crippen molar-refractivity contribution in [3.63, 3.8) is 0 Å². The van der Waals surface area contributed by atoms with E-state index in [1.165, 1.54) is 12.5 Å². The number of hydrogen-bond acceptors (Lipinski definition) is 8. The Bertz CT molecular complexity index is 1450. The van der Waals surface area contributed by atoms with Gasteiger partial charge in [0.1, 0.15) is 18.1 Å². The highest BCUT2D eigenvalue weighted by Gasteiger charge is 2.31. The van der Waals surface area contributed by atoms with Crippen molar-refractivity contribution in [1.82, 2.24) is 30.9 Å². The van der Waals surface area contributed by atoms with E-state index in [2.05, 4.69) is 30.9 Å². The Kier molecular flexibility index (Phi) is 11.3. The molecule has 0 radical (unpaired) electrons. The molecule has 0 saturated heterocycles. The molecular formula is C27H34N8O8. The second-order valence-electron chi connectivity index (χ2n) is 9.91. The van der Waals surface area contributed by atoms with E-state index < -0.39 is 66.2 Å². The maximum Gasteiger partial charge on any atom is 0.326 e. The molecule has 16 heteroatoms. The zero-order chi connectivity index (χ0) is 31.5. The van der Waals surface area contributed by atoms with Crippen molar-refractivity contribution >= 4 is 46.5 Å². The molecule has 0 aliphatic heterocycles. The number of imidazole rings is 1. The average Bonchev–Trinajstić information content (AvgIpc) is 3.62. The molecule has 4 amide bonds. The minimum atomic E-state index is -1.48. The second-order valence-corrected chi connectivity index (χ2v) is 9.91. The van der Waals surface area contributed by atoms with Gasteiger partial charge in [-0.15, -0.1) is 0 Å². The quantitative estimate of drug-likeness (QED) is 0.0883. The minimum absolute atomic E-state index is 0.0621. The van der Waals surface area contributed by atoms with Crippen LogP contribution in [-0.4, -0.2) is 84.9 Å². The number of carboxylic acids is 2. The number of H-pyrrole nitrogens is 2. The smallest absolute Gasteiger partial charge is 0.326 e. The summed E-state index contributed by atoms with van der Waals surface area (Å²) in [6.07, 6.45) is 3.10. The first-order valence-electron chi connectivity index (χ1n) is 13.4. The first kappa shape index (κ1) is 32.3. The van der Waals surface area contributed by atoms with E-state index in [4.69, 9.17) is 11.5 Å². The zero-order valence-electron chi connectivity index (χ0n) is 23.0. The van der Waals surface area contributed by atoms with Crippen molar-refractivity contribution in [2.75, 3.05) is 0 Å². The number of nitrogens with zero attached hydrogens (tertiary/aromatic N) is 1. The molecule has 2 heterocycles. The Morgan fingerprint density at radius 3 is 2.14 bits per heavy atom. The van der Waals surface area contributed by atoms with Crippen LogP contribution in [0.3, 0.4) is 0 Å². The Morgan fingerprint density at radius 2 is 1.49 bits per heavy atom. The highest BCUT2D eigenvalue weighted by molar-refractivity contribution is 5.95. The van der Waals surface area contributed by atoms with E-state index in [1.54, 1.807) is 30.5 Å². The molecule has 0 aliphatic carbocycles. The number of nitrogens with one attached hydrogen (secondary N) is 5.